The second-order valence-electron chi connectivity index (χ2n) is 4.98. The number of carboxylic acids is 1. The third kappa shape index (κ3) is 4.13. The van der Waals surface area contributed by atoms with Crippen LogP contribution in [0.3, 0.4) is 0 Å². The SMILES string of the molecule is O=C(C[C@H](C(=O)O)c1ccccc1)Nc1ccc(F)c([N+](=O)[O-])c1. The highest BCUT2D eigenvalue weighted by Crippen LogP contribution is 2.24. The molecule has 0 radical (unpaired) electrons. The summed E-state index contributed by atoms with van der Waals surface area (Å²) < 4.78 is 13.3. The molecule has 0 bridgehead atoms. The third-order valence-corrected chi connectivity index (χ3v) is 3.32. The summed E-state index contributed by atoms with van der Waals surface area (Å²) in [4.78, 5) is 33.2. The summed E-state index contributed by atoms with van der Waals surface area (Å²) in [7, 11) is 0. The van der Waals surface area contributed by atoms with Crippen LogP contribution in [0.1, 0.15) is 17.9 Å². The molecule has 124 valence electrons. The molecule has 2 aromatic rings. The van der Waals surface area contributed by atoms with E-state index >= 15 is 0 Å². The summed E-state index contributed by atoms with van der Waals surface area (Å²) in [6.45, 7) is 0. The van der Waals surface area contributed by atoms with E-state index in [4.69, 9.17) is 0 Å². The Kier molecular flexibility index (Phi) is 5.20. The number of anilines is 1. The maximum atomic E-state index is 13.3. The molecule has 0 saturated carbocycles. The van der Waals surface area contributed by atoms with Crippen LogP contribution in [0.15, 0.2) is 48.5 Å². The number of hydrogen-bond donors (Lipinski definition) is 2. The molecule has 0 aliphatic heterocycles. The topological polar surface area (TPSA) is 110 Å². The van der Waals surface area contributed by atoms with Crippen molar-refractivity contribution in [2.75, 3.05) is 5.32 Å². The van der Waals surface area contributed by atoms with Crippen LogP contribution in [0.5, 0.6) is 0 Å². The van der Waals surface area contributed by atoms with Gasteiger partial charge in [0.15, 0.2) is 0 Å². The molecule has 0 heterocycles. The lowest BCUT2D eigenvalue weighted by Crippen LogP contribution is -2.21. The number of nitro benzene ring substituents is 1. The van der Waals surface area contributed by atoms with Crippen LogP contribution in [-0.2, 0) is 9.59 Å². The second-order valence-corrected chi connectivity index (χ2v) is 4.98. The lowest BCUT2D eigenvalue weighted by atomic mass is 9.95. The standard InChI is InChI=1S/C16H13FN2O5/c17-13-7-6-11(8-14(13)19(23)24)18-15(20)9-12(16(21)22)10-4-2-1-3-5-10/h1-8,12H,9H2,(H,18,20)(H,21,22)/t12-/m0/s1. The number of carboxylic acid groups (broad SMARTS) is 1. The maximum Gasteiger partial charge on any atom is 0.311 e. The van der Waals surface area contributed by atoms with Gasteiger partial charge in [-0.3, -0.25) is 19.7 Å². The summed E-state index contributed by atoms with van der Waals surface area (Å²) in [5, 5.41) is 22.3. The van der Waals surface area contributed by atoms with Gasteiger partial charge in [-0.1, -0.05) is 30.3 Å². The van der Waals surface area contributed by atoms with Gasteiger partial charge in [-0.2, -0.15) is 4.39 Å². The van der Waals surface area contributed by atoms with Gasteiger partial charge in [-0.25, -0.2) is 0 Å². The van der Waals surface area contributed by atoms with E-state index in [2.05, 4.69) is 5.32 Å². The van der Waals surface area contributed by atoms with Crippen molar-refractivity contribution in [3.63, 3.8) is 0 Å². The zero-order chi connectivity index (χ0) is 17.7. The quantitative estimate of drug-likeness (QED) is 0.624. The molecule has 0 unspecified atom stereocenters. The van der Waals surface area contributed by atoms with Gasteiger partial charge in [0.05, 0.1) is 10.8 Å². The van der Waals surface area contributed by atoms with Gasteiger partial charge < -0.3 is 10.4 Å². The molecule has 2 N–H and O–H groups in total. The van der Waals surface area contributed by atoms with E-state index < -0.39 is 34.2 Å². The molecule has 2 rings (SSSR count). The zero-order valence-corrected chi connectivity index (χ0v) is 12.3. The maximum absolute atomic E-state index is 13.3. The van der Waals surface area contributed by atoms with Crippen molar-refractivity contribution < 1.29 is 24.0 Å². The monoisotopic (exact) mass is 332 g/mol. The van der Waals surface area contributed by atoms with Crippen LogP contribution in [0.25, 0.3) is 0 Å². The molecule has 0 aromatic heterocycles. The average molecular weight is 332 g/mol. The van der Waals surface area contributed by atoms with Crippen molar-refractivity contribution >= 4 is 23.3 Å². The summed E-state index contributed by atoms with van der Waals surface area (Å²) >= 11 is 0. The van der Waals surface area contributed by atoms with Gasteiger partial charge >= 0.3 is 11.7 Å². The number of nitro groups is 1. The van der Waals surface area contributed by atoms with E-state index in [1.807, 2.05) is 0 Å². The minimum Gasteiger partial charge on any atom is -0.481 e. The van der Waals surface area contributed by atoms with Crippen molar-refractivity contribution in [3.05, 3.63) is 70.0 Å². The van der Waals surface area contributed by atoms with Gasteiger partial charge in [0.1, 0.15) is 0 Å². The molecule has 2 aromatic carbocycles. The first-order valence-electron chi connectivity index (χ1n) is 6.90. The minimum absolute atomic E-state index is 0.0188. The van der Waals surface area contributed by atoms with Crippen molar-refractivity contribution in [2.45, 2.75) is 12.3 Å². The molecule has 0 aliphatic carbocycles. The van der Waals surface area contributed by atoms with Crippen molar-refractivity contribution in [1.82, 2.24) is 0 Å². The van der Waals surface area contributed by atoms with E-state index in [9.17, 15) is 29.2 Å². The lowest BCUT2D eigenvalue weighted by molar-refractivity contribution is -0.387. The van der Waals surface area contributed by atoms with E-state index in [-0.39, 0.29) is 12.1 Å². The van der Waals surface area contributed by atoms with E-state index in [1.165, 1.54) is 6.07 Å². The number of carbonyl (C=O) groups is 2. The van der Waals surface area contributed by atoms with Crippen molar-refractivity contribution in [1.29, 1.82) is 0 Å². The summed E-state index contributed by atoms with van der Waals surface area (Å²) in [6, 6.07) is 11.1. The van der Waals surface area contributed by atoms with Crippen LogP contribution < -0.4 is 5.32 Å². The molecule has 24 heavy (non-hydrogen) atoms. The Morgan fingerprint density at radius 3 is 2.46 bits per heavy atom. The predicted octanol–water partition coefficient (Wildman–Crippen LogP) is 2.93. The van der Waals surface area contributed by atoms with Gasteiger partial charge in [-0.15, -0.1) is 0 Å². The van der Waals surface area contributed by atoms with E-state index in [0.29, 0.717) is 5.56 Å². The summed E-state index contributed by atoms with van der Waals surface area (Å²) in [5.41, 5.74) is -0.291. The fraction of sp³-hybridized carbons (Fsp3) is 0.125. The van der Waals surface area contributed by atoms with Crippen molar-refractivity contribution in [3.8, 4) is 0 Å². The number of nitrogens with zero attached hydrogens (tertiary/aromatic N) is 1. The smallest absolute Gasteiger partial charge is 0.311 e. The largest absolute Gasteiger partial charge is 0.481 e. The highest BCUT2D eigenvalue weighted by atomic mass is 19.1. The molecule has 0 fully saturated rings. The number of carbonyl (C=O) groups excluding carboxylic acids is 1. The first-order valence-corrected chi connectivity index (χ1v) is 6.90. The minimum atomic E-state index is -1.17. The molecule has 1 amide bonds. The van der Waals surface area contributed by atoms with Gasteiger partial charge in [-0.05, 0) is 17.7 Å². The highest BCUT2D eigenvalue weighted by Gasteiger charge is 2.23. The molecule has 0 saturated heterocycles. The Hall–Kier alpha value is -3.29. The van der Waals surface area contributed by atoms with Crippen molar-refractivity contribution in [2.24, 2.45) is 0 Å². The Morgan fingerprint density at radius 2 is 1.88 bits per heavy atom. The Balaban J connectivity index is 2.13. The highest BCUT2D eigenvalue weighted by molar-refractivity contribution is 5.94. The fourth-order valence-corrected chi connectivity index (χ4v) is 2.16. The number of benzene rings is 2. The number of nitrogens with one attached hydrogen (secondary N) is 1. The van der Waals surface area contributed by atoms with Crippen LogP contribution >= 0.6 is 0 Å². The number of aliphatic carboxylic acids is 1. The summed E-state index contributed by atoms with van der Waals surface area (Å²) in [5.74, 6) is -3.89. The lowest BCUT2D eigenvalue weighted by Gasteiger charge is -2.13. The Bertz CT molecular complexity index is 779. The van der Waals surface area contributed by atoms with Crippen LogP contribution in [0.2, 0.25) is 0 Å². The predicted molar refractivity (Wildman–Crippen MR) is 83.1 cm³/mol. The zero-order valence-electron chi connectivity index (χ0n) is 12.3. The Labute approximate surface area is 135 Å². The van der Waals surface area contributed by atoms with Gasteiger partial charge in [0.2, 0.25) is 11.7 Å². The first kappa shape index (κ1) is 17.1. The molecule has 7 nitrogen and oxygen atoms in total. The first-order chi connectivity index (χ1) is 11.4. The number of amides is 1. The number of hydrogen-bond acceptors (Lipinski definition) is 4. The molecule has 8 heteroatoms. The number of rotatable bonds is 6. The third-order valence-electron chi connectivity index (χ3n) is 3.32. The van der Waals surface area contributed by atoms with Gasteiger partial charge in [0.25, 0.3) is 0 Å². The van der Waals surface area contributed by atoms with Gasteiger partial charge in [0, 0.05) is 18.2 Å². The molecular weight excluding hydrogens is 319 g/mol. The van der Waals surface area contributed by atoms with Crippen LogP contribution in [-0.4, -0.2) is 21.9 Å². The molecule has 0 spiro atoms. The van der Waals surface area contributed by atoms with E-state index in [0.717, 1.165) is 12.1 Å². The van der Waals surface area contributed by atoms with E-state index in [1.54, 1.807) is 30.3 Å². The average Bonchev–Trinajstić information content (AvgIpc) is 2.54. The van der Waals surface area contributed by atoms with Crippen LogP contribution in [0, 0.1) is 15.9 Å². The summed E-state index contributed by atoms with van der Waals surface area (Å²) in [6.07, 6.45) is -0.357. The molecule has 0 aliphatic rings. The normalized spacial score (nSPS) is 11.5. The number of halogens is 1. The molecular formula is C16H13FN2O5. The van der Waals surface area contributed by atoms with Crippen LogP contribution in [0.4, 0.5) is 15.8 Å². The molecule has 1 atom stereocenters. The fourth-order valence-electron chi connectivity index (χ4n) is 2.16. The second kappa shape index (κ2) is 7.32. The Morgan fingerprint density at radius 1 is 1.21 bits per heavy atom.